The summed E-state index contributed by atoms with van der Waals surface area (Å²) in [5.41, 5.74) is 1.14. The van der Waals surface area contributed by atoms with Gasteiger partial charge in [-0.3, -0.25) is 0 Å². The molecular weight excluding hydrogens is 370 g/mol. The molecule has 0 aliphatic heterocycles. The van der Waals surface area contributed by atoms with Crippen LogP contribution in [0, 0.1) is 11.3 Å². The monoisotopic (exact) mass is 379 g/mol. The van der Waals surface area contributed by atoms with Crippen LogP contribution in [0.25, 0.3) is 0 Å². The van der Waals surface area contributed by atoms with Crippen LogP contribution in [-0.2, 0) is 16.1 Å². The first-order valence-corrected chi connectivity index (χ1v) is 7.48. The predicted molar refractivity (Wildman–Crippen MR) is 85.6 cm³/mol. The van der Waals surface area contributed by atoms with Crippen molar-refractivity contribution in [3.63, 3.8) is 0 Å². The maximum Gasteiger partial charge on any atom is 0.344 e. The number of nitrogens with zero attached hydrogens (tertiary/aromatic N) is 1. The largest absolute Gasteiger partial charge is 0.481 e. The van der Waals surface area contributed by atoms with Crippen LogP contribution < -0.4 is 4.74 Å². The molecule has 0 heterocycles. The maximum atomic E-state index is 11.7. The summed E-state index contributed by atoms with van der Waals surface area (Å²) in [5.74, 6) is -0.0200. The Balaban J connectivity index is 1.87. The predicted octanol–water partition coefficient (Wildman–Crippen LogP) is 4.10. The van der Waals surface area contributed by atoms with E-state index in [-0.39, 0.29) is 13.2 Å². The summed E-state index contributed by atoms with van der Waals surface area (Å²) in [6.45, 7) is -0.192. The fourth-order valence-electron chi connectivity index (χ4n) is 1.68. The quantitative estimate of drug-likeness (QED) is 0.733. The molecule has 0 amide bonds. The van der Waals surface area contributed by atoms with Crippen molar-refractivity contribution in [2.45, 2.75) is 6.61 Å². The molecule has 0 saturated heterocycles. The van der Waals surface area contributed by atoms with Gasteiger partial charge in [0.25, 0.3) is 0 Å². The topological polar surface area (TPSA) is 59.3 Å². The summed E-state index contributed by atoms with van der Waals surface area (Å²) < 4.78 is 11.1. The lowest BCUT2D eigenvalue weighted by Crippen LogP contribution is -2.15. The highest BCUT2D eigenvalue weighted by Gasteiger charge is 2.09. The van der Waals surface area contributed by atoms with Gasteiger partial charge in [0.15, 0.2) is 6.61 Å². The summed E-state index contributed by atoms with van der Waals surface area (Å²) in [5, 5.41) is 9.52. The Morgan fingerprint density at radius 1 is 1.27 bits per heavy atom. The molecule has 4 nitrogen and oxygen atoms in total. The van der Waals surface area contributed by atoms with Gasteiger partial charge in [-0.2, -0.15) is 5.26 Å². The van der Waals surface area contributed by atoms with Crippen molar-refractivity contribution >= 4 is 33.5 Å². The smallest absolute Gasteiger partial charge is 0.344 e. The van der Waals surface area contributed by atoms with Crippen molar-refractivity contribution in [3.05, 3.63) is 63.1 Å². The molecule has 2 rings (SSSR count). The van der Waals surface area contributed by atoms with E-state index in [1.165, 1.54) is 0 Å². The van der Waals surface area contributed by atoms with E-state index in [0.29, 0.717) is 26.4 Å². The van der Waals surface area contributed by atoms with Gasteiger partial charge < -0.3 is 9.47 Å². The minimum absolute atomic E-state index is 0.0354. The van der Waals surface area contributed by atoms with Gasteiger partial charge >= 0.3 is 5.97 Å². The molecule has 6 heteroatoms. The van der Waals surface area contributed by atoms with Gasteiger partial charge in [0, 0.05) is 10.6 Å². The van der Waals surface area contributed by atoms with Gasteiger partial charge in [-0.1, -0.05) is 29.8 Å². The van der Waals surface area contributed by atoms with E-state index >= 15 is 0 Å². The average molecular weight is 381 g/mol. The van der Waals surface area contributed by atoms with Gasteiger partial charge in [0.1, 0.15) is 12.4 Å². The fraction of sp³-hybridized carbons (Fsp3) is 0.125. The summed E-state index contributed by atoms with van der Waals surface area (Å²) >= 11 is 9.12. The molecule has 22 heavy (non-hydrogen) atoms. The number of esters is 1. The maximum absolute atomic E-state index is 11.7. The van der Waals surface area contributed by atoms with Crippen molar-refractivity contribution in [2.24, 2.45) is 0 Å². The third-order valence-corrected chi connectivity index (χ3v) is 3.62. The summed E-state index contributed by atoms with van der Waals surface area (Å²) in [6, 6.07) is 14.0. The molecule has 0 fully saturated rings. The van der Waals surface area contributed by atoms with Crippen LogP contribution in [0.1, 0.15) is 11.1 Å². The molecule has 0 radical (unpaired) electrons. The summed E-state index contributed by atoms with van der Waals surface area (Å²) in [4.78, 5) is 11.7. The Morgan fingerprint density at radius 2 is 2.05 bits per heavy atom. The Kier molecular flexibility index (Phi) is 5.82. The van der Waals surface area contributed by atoms with E-state index in [0.717, 1.165) is 0 Å². The fourth-order valence-corrected chi connectivity index (χ4v) is 2.48. The van der Waals surface area contributed by atoms with E-state index in [1.807, 2.05) is 6.07 Å². The molecule has 0 aliphatic carbocycles. The third kappa shape index (κ3) is 4.48. The van der Waals surface area contributed by atoms with E-state index < -0.39 is 5.97 Å². The van der Waals surface area contributed by atoms with Crippen LogP contribution in [0.4, 0.5) is 0 Å². The number of nitriles is 1. The van der Waals surface area contributed by atoms with Crippen LogP contribution in [0.5, 0.6) is 5.75 Å². The minimum atomic E-state index is -0.519. The van der Waals surface area contributed by atoms with Crippen LogP contribution in [0.15, 0.2) is 46.9 Å². The Labute approximate surface area is 141 Å². The molecule has 0 aromatic heterocycles. The number of halogens is 2. The minimum Gasteiger partial charge on any atom is -0.481 e. The van der Waals surface area contributed by atoms with E-state index in [1.54, 1.807) is 42.5 Å². The Bertz CT molecular complexity index is 728. The van der Waals surface area contributed by atoms with Gasteiger partial charge in [-0.05, 0) is 40.2 Å². The molecular formula is C16H11BrClNO3. The number of carbonyl (C=O) groups excluding carboxylic acids is 1. The first kappa shape index (κ1) is 16.3. The zero-order valence-electron chi connectivity index (χ0n) is 11.4. The standard InChI is InChI=1S/C16H11BrClNO3/c17-14-7-13(18)5-6-15(14)21-10-16(20)22-9-12-4-2-1-3-11(12)8-19/h1-7H,9-10H2. The van der Waals surface area contributed by atoms with Crippen molar-refractivity contribution in [1.29, 1.82) is 5.26 Å². The Hall–Kier alpha value is -2.03. The van der Waals surface area contributed by atoms with Gasteiger partial charge in [0.05, 0.1) is 16.1 Å². The second-order valence-electron chi connectivity index (χ2n) is 4.29. The lowest BCUT2D eigenvalue weighted by Gasteiger charge is -2.09. The van der Waals surface area contributed by atoms with Crippen LogP contribution in [0.3, 0.4) is 0 Å². The second-order valence-corrected chi connectivity index (χ2v) is 5.58. The number of hydrogen-bond donors (Lipinski definition) is 0. The number of hydrogen-bond acceptors (Lipinski definition) is 4. The Morgan fingerprint density at radius 3 is 2.77 bits per heavy atom. The van der Waals surface area contributed by atoms with Crippen molar-refractivity contribution in [3.8, 4) is 11.8 Å². The SMILES string of the molecule is N#Cc1ccccc1COC(=O)COc1ccc(Cl)cc1Br. The number of benzene rings is 2. The molecule has 2 aromatic carbocycles. The van der Waals surface area contributed by atoms with E-state index in [9.17, 15) is 4.79 Å². The zero-order chi connectivity index (χ0) is 15.9. The van der Waals surface area contributed by atoms with Crippen molar-refractivity contribution in [2.75, 3.05) is 6.61 Å². The molecule has 112 valence electrons. The molecule has 0 N–H and O–H groups in total. The molecule has 0 saturated carbocycles. The van der Waals surface area contributed by atoms with Crippen LogP contribution >= 0.6 is 27.5 Å². The van der Waals surface area contributed by atoms with E-state index in [2.05, 4.69) is 15.9 Å². The van der Waals surface area contributed by atoms with Gasteiger partial charge in [-0.25, -0.2) is 4.79 Å². The zero-order valence-corrected chi connectivity index (χ0v) is 13.7. The molecule has 0 unspecified atom stereocenters. The van der Waals surface area contributed by atoms with E-state index in [4.69, 9.17) is 26.3 Å². The highest BCUT2D eigenvalue weighted by atomic mass is 79.9. The molecule has 0 spiro atoms. The molecule has 0 bridgehead atoms. The molecule has 0 aliphatic rings. The number of ether oxygens (including phenoxy) is 2. The second kappa shape index (κ2) is 7.83. The first-order valence-electron chi connectivity index (χ1n) is 6.31. The van der Waals surface area contributed by atoms with Crippen molar-refractivity contribution < 1.29 is 14.3 Å². The number of carbonyl (C=O) groups is 1. The summed E-state index contributed by atoms with van der Waals surface area (Å²) in [7, 11) is 0. The third-order valence-electron chi connectivity index (χ3n) is 2.77. The first-order chi connectivity index (χ1) is 10.6. The molecule has 0 atom stereocenters. The highest BCUT2D eigenvalue weighted by Crippen LogP contribution is 2.27. The van der Waals surface area contributed by atoms with Crippen LogP contribution in [0.2, 0.25) is 5.02 Å². The average Bonchev–Trinajstić information content (AvgIpc) is 2.52. The molecule has 2 aromatic rings. The lowest BCUT2D eigenvalue weighted by molar-refractivity contribution is -0.147. The normalized spacial score (nSPS) is 9.86. The van der Waals surface area contributed by atoms with Gasteiger partial charge in [0.2, 0.25) is 0 Å². The lowest BCUT2D eigenvalue weighted by atomic mass is 10.1. The summed E-state index contributed by atoms with van der Waals surface area (Å²) in [6.07, 6.45) is 0. The highest BCUT2D eigenvalue weighted by molar-refractivity contribution is 9.10. The van der Waals surface area contributed by atoms with Gasteiger partial charge in [-0.15, -0.1) is 0 Å². The number of rotatable bonds is 5. The van der Waals surface area contributed by atoms with Crippen molar-refractivity contribution in [1.82, 2.24) is 0 Å². The van der Waals surface area contributed by atoms with Crippen LogP contribution in [-0.4, -0.2) is 12.6 Å².